The Morgan fingerprint density at radius 3 is 2.73 bits per heavy atom. The van der Waals surface area contributed by atoms with Crippen LogP contribution in [0.5, 0.6) is 5.75 Å². The largest absolute Gasteiger partial charge is 0.423 e. The van der Waals surface area contributed by atoms with Gasteiger partial charge in [0.1, 0.15) is 5.75 Å². The number of rotatable bonds is 6. The summed E-state index contributed by atoms with van der Waals surface area (Å²) in [4.78, 5) is 11.6. The fourth-order valence-electron chi connectivity index (χ4n) is 1.60. The Morgan fingerprint density at radius 2 is 2.09 bits per heavy atom. The first-order chi connectivity index (χ1) is 10.6. The summed E-state index contributed by atoms with van der Waals surface area (Å²) in [6.45, 7) is 7.35. The molecule has 2 rings (SSSR count). The minimum atomic E-state index is -0.391. The van der Waals surface area contributed by atoms with Crippen molar-refractivity contribution in [2.75, 3.05) is 5.75 Å². The van der Waals surface area contributed by atoms with Gasteiger partial charge < -0.3 is 4.74 Å². The quantitative estimate of drug-likeness (QED) is 0.268. The summed E-state index contributed by atoms with van der Waals surface area (Å²) in [7, 11) is 0. The zero-order chi connectivity index (χ0) is 15.9. The van der Waals surface area contributed by atoms with Gasteiger partial charge in [-0.25, -0.2) is 4.79 Å². The van der Waals surface area contributed by atoms with Crippen molar-refractivity contribution in [3.8, 4) is 11.4 Å². The first kappa shape index (κ1) is 16.0. The van der Waals surface area contributed by atoms with E-state index in [0.717, 1.165) is 17.0 Å². The number of thioether (sulfide) groups is 1. The van der Waals surface area contributed by atoms with Crippen LogP contribution in [0.25, 0.3) is 5.69 Å². The van der Waals surface area contributed by atoms with Crippen LogP contribution in [0.15, 0.2) is 53.7 Å². The van der Waals surface area contributed by atoms with E-state index in [1.807, 2.05) is 13.8 Å². The van der Waals surface area contributed by atoms with Gasteiger partial charge in [0, 0.05) is 11.8 Å². The summed E-state index contributed by atoms with van der Waals surface area (Å²) in [5.74, 6) is 0.802. The third-order valence-electron chi connectivity index (χ3n) is 2.48. The Morgan fingerprint density at radius 1 is 1.36 bits per heavy atom. The third kappa shape index (κ3) is 4.29. The van der Waals surface area contributed by atoms with Crippen molar-refractivity contribution in [1.82, 2.24) is 20.2 Å². The Balaban J connectivity index is 2.12. The summed E-state index contributed by atoms with van der Waals surface area (Å²) >= 11 is 1.49. The Hall–Kier alpha value is -2.41. The van der Waals surface area contributed by atoms with Crippen LogP contribution in [-0.2, 0) is 4.79 Å². The maximum Gasteiger partial charge on any atom is 0.336 e. The van der Waals surface area contributed by atoms with Crippen LogP contribution in [0.2, 0.25) is 0 Å². The van der Waals surface area contributed by atoms with E-state index >= 15 is 0 Å². The fourth-order valence-corrected chi connectivity index (χ4v) is 2.23. The summed E-state index contributed by atoms with van der Waals surface area (Å²) in [6.07, 6.45) is 3.23. The van der Waals surface area contributed by atoms with Gasteiger partial charge in [0.2, 0.25) is 5.16 Å². The Bertz CT molecular complexity index is 688. The normalized spacial score (nSPS) is 10.1. The van der Waals surface area contributed by atoms with Crippen LogP contribution >= 0.6 is 11.8 Å². The molecule has 0 saturated carbocycles. The molecule has 0 aliphatic heterocycles. The van der Waals surface area contributed by atoms with Gasteiger partial charge in [-0.2, -0.15) is 4.68 Å². The highest BCUT2D eigenvalue weighted by molar-refractivity contribution is 7.99. The maximum atomic E-state index is 11.6. The second-order valence-corrected chi connectivity index (χ2v) is 5.60. The van der Waals surface area contributed by atoms with Crippen molar-refractivity contribution in [3.05, 3.63) is 48.6 Å². The molecule has 114 valence electrons. The molecule has 2 aromatic rings. The van der Waals surface area contributed by atoms with Crippen molar-refractivity contribution in [1.29, 1.82) is 0 Å². The molecular weight excluding hydrogens is 300 g/mol. The Labute approximate surface area is 132 Å². The summed E-state index contributed by atoms with van der Waals surface area (Å²) in [5.41, 5.74) is 1.68. The molecule has 0 bridgehead atoms. The number of hydrogen-bond donors (Lipinski definition) is 0. The molecule has 6 nitrogen and oxygen atoms in total. The van der Waals surface area contributed by atoms with Crippen molar-refractivity contribution in [3.63, 3.8) is 0 Å². The zero-order valence-corrected chi connectivity index (χ0v) is 13.2. The lowest BCUT2D eigenvalue weighted by Gasteiger charge is -2.05. The van der Waals surface area contributed by atoms with E-state index in [2.05, 4.69) is 22.1 Å². The van der Waals surface area contributed by atoms with E-state index in [1.165, 1.54) is 17.8 Å². The van der Waals surface area contributed by atoms with Crippen LogP contribution in [-0.4, -0.2) is 31.9 Å². The van der Waals surface area contributed by atoms with Crippen LogP contribution in [0.3, 0.4) is 0 Å². The molecule has 1 aromatic heterocycles. The monoisotopic (exact) mass is 316 g/mol. The summed E-state index contributed by atoms with van der Waals surface area (Å²) < 4.78 is 6.82. The number of ether oxygens (including phenoxy) is 1. The topological polar surface area (TPSA) is 69.9 Å². The molecular formula is C15H16N4O2S. The van der Waals surface area contributed by atoms with E-state index in [4.69, 9.17) is 4.74 Å². The number of allylic oxidation sites excluding steroid dienone is 1. The zero-order valence-electron chi connectivity index (χ0n) is 12.4. The van der Waals surface area contributed by atoms with Crippen LogP contribution < -0.4 is 4.74 Å². The molecule has 1 aromatic carbocycles. The molecule has 7 heteroatoms. The number of hydrogen-bond acceptors (Lipinski definition) is 6. The van der Waals surface area contributed by atoms with Crippen molar-refractivity contribution in [2.45, 2.75) is 19.0 Å². The van der Waals surface area contributed by atoms with Gasteiger partial charge in [-0.05, 0) is 48.5 Å². The molecule has 0 unspecified atom stereocenters. The summed E-state index contributed by atoms with van der Waals surface area (Å²) in [5, 5.41) is 12.3. The predicted molar refractivity (Wildman–Crippen MR) is 85.1 cm³/mol. The number of aromatic nitrogens is 4. The van der Waals surface area contributed by atoms with Gasteiger partial charge in [0.25, 0.3) is 0 Å². The molecule has 0 spiro atoms. The molecule has 22 heavy (non-hydrogen) atoms. The van der Waals surface area contributed by atoms with E-state index in [-0.39, 0.29) is 0 Å². The highest BCUT2D eigenvalue weighted by Crippen LogP contribution is 2.20. The molecule has 0 atom stereocenters. The lowest BCUT2D eigenvalue weighted by atomic mass is 10.3. The second-order valence-electron chi connectivity index (χ2n) is 4.61. The van der Waals surface area contributed by atoms with Gasteiger partial charge in [0.15, 0.2) is 0 Å². The van der Waals surface area contributed by atoms with Gasteiger partial charge in [-0.15, -0.1) is 11.7 Å². The first-order valence-electron chi connectivity index (χ1n) is 6.59. The molecule has 0 aliphatic carbocycles. The van der Waals surface area contributed by atoms with Crippen molar-refractivity contribution < 1.29 is 9.53 Å². The minimum Gasteiger partial charge on any atom is -0.423 e. The van der Waals surface area contributed by atoms with Gasteiger partial charge in [-0.3, -0.25) is 0 Å². The van der Waals surface area contributed by atoms with Gasteiger partial charge in [0.05, 0.1) is 5.69 Å². The van der Waals surface area contributed by atoms with Gasteiger partial charge >= 0.3 is 5.97 Å². The van der Waals surface area contributed by atoms with E-state index < -0.39 is 5.97 Å². The number of benzene rings is 1. The van der Waals surface area contributed by atoms with E-state index in [0.29, 0.717) is 10.9 Å². The molecule has 0 aliphatic rings. The molecule has 0 saturated heterocycles. The van der Waals surface area contributed by atoms with Crippen LogP contribution in [0.1, 0.15) is 13.8 Å². The lowest BCUT2D eigenvalue weighted by Crippen LogP contribution is -2.05. The van der Waals surface area contributed by atoms with Crippen LogP contribution in [0, 0.1) is 0 Å². The van der Waals surface area contributed by atoms with Gasteiger partial charge in [-0.1, -0.05) is 23.4 Å². The molecule has 1 heterocycles. The maximum absolute atomic E-state index is 11.6. The first-order valence-corrected chi connectivity index (χ1v) is 7.58. The average Bonchev–Trinajstić information content (AvgIpc) is 2.93. The summed E-state index contributed by atoms with van der Waals surface area (Å²) in [6, 6.07) is 6.99. The number of nitrogens with zero attached hydrogens (tertiary/aromatic N) is 4. The SMILES string of the molecule is C=CCSc1nnnn1-c1ccc(OC(=O)C=C(C)C)cc1. The number of esters is 1. The lowest BCUT2D eigenvalue weighted by molar-refractivity contribution is -0.129. The molecule has 0 amide bonds. The molecule has 0 N–H and O–H groups in total. The number of carbonyl (C=O) groups is 1. The van der Waals surface area contributed by atoms with Crippen molar-refractivity contribution >= 4 is 17.7 Å². The van der Waals surface area contributed by atoms with Crippen molar-refractivity contribution in [2.24, 2.45) is 0 Å². The van der Waals surface area contributed by atoms with Crippen LogP contribution in [0.4, 0.5) is 0 Å². The minimum absolute atomic E-state index is 0.391. The smallest absolute Gasteiger partial charge is 0.336 e. The van der Waals surface area contributed by atoms with E-state index in [1.54, 1.807) is 35.0 Å². The standard InChI is InChI=1S/C15H16N4O2S/c1-4-9-22-15-16-17-18-19(15)12-5-7-13(8-6-12)21-14(20)10-11(2)3/h4-8,10H,1,9H2,2-3H3. The fraction of sp³-hybridized carbons (Fsp3) is 0.200. The second kappa shape index (κ2) is 7.56. The number of tetrazole rings is 1. The molecule has 0 radical (unpaired) electrons. The van der Waals surface area contributed by atoms with E-state index in [9.17, 15) is 4.79 Å². The predicted octanol–water partition coefficient (Wildman–Crippen LogP) is 2.81. The average molecular weight is 316 g/mol. The number of carbonyl (C=O) groups excluding carboxylic acids is 1. The highest BCUT2D eigenvalue weighted by Gasteiger charge is 2.09. The molecule has 0 fully saturated rings. The highest BCUT2D eigenvalue weighted by atomic mass is 32.2. The Kier molecular flexibility index (Phi) is 5.48. The third-order valence-corrected chi connectivity index (χ3v) is 3.39.